The van der Waals surface area contributed by atoms with E-state index in [-0.39, 0.29) is 17.6 Å². The van der Waals surface area contributed by atoms with E-state index >= 15 is 0 Å². The number of carbonyl (C=O) groups is 2. The number of ether oxygens (including phenoxy) is 2. The number of esters is 1. The van der Waals surface area contributed by atoms with E-state index in [1.807, 2.05) is 24.3 Å². The molecule has 34 heavy (non-hydrogen) atoms. The van der Waals surface area contributed by atoms with E-state index < -0.39 is 6.04 Å². The highest BCUT2D eigenvalue weighted by atomic mass is 32.2. The Bertz CT molecular complexity index is 972. The molecule has 9 heteroatoms. The van der Waals surface area contributed by atoms with Crippen molar-refractivity contribution in [2.75, 3.05) is 26.0 Å². The van der Waals surface area contributed by atoms with E-state index in [1.165, 1.54) is 31.0 Å². The maximum atomic E-state index is 13.2. The molecule has 1 saturated carbocycles. The normalized spacial score (nSPS) is 19.1. The third-order valence-corrected chi connectivity index (χ3v) is 7.59. The Morgan fingerprint density at radius 3 is 2.47 bits per heavy atom. The van der Waals surface area contributed by atoms with Crippen molar-refractivity contribution in [2.45, 2.75) is 75.5 Å². The molecule has 184 valence electrons. The summed E-state index contributed by atoms with van der Waals surface area (Å²) in [6.45, 7) is 2.71. The number of benzene rings is 1. The molecule has 1 aromatic heterocycles. The first-order valence-electron chi connectivity index (χ1n) is 12.3. The van der Waals surface area contributed by atoms with Crippen molar-refractivity contribution in [3.63, 3.8) is 0 Å². The van der Waals surface area contributed by atoms with Gasteiger partial charge in [0.2, 0.25) is 5.91 Å². The lowest BCUT2D eigenvalue weighted by atomic mass is 9.95. The van der Waals surface area contributed by atoms with Crippen LogP contribution in [0.5, 0.6) is 5.75 Å². The zero-order chi connectivity index (χ0) is 23.9. The van der Waals surface area contributed by atoms with E-state index in [4.69, 9.17) is 9.47 Å². The van der Waals surface area contributed by atoms with Crippen LogP contribution < -0.4 is 4.74 Å². The highest BCUT2D eigenvalue weighted by molar-refractivity contribution is 7.99. The Kier molecular flexibility index (Phi) is 8.48. The topological polar surface area (TPSA) is 86.6 Å². The van der Waals surface area contributed by atoms with Crippen LogP contribution in [0.1, 0.15) is 64.3 Å². The van der Waals surface area contributed by atoms with Crippen molar-refractivity contribution >= 4 is 23.6 Å². The minimum absolute atomic E-state index is 0.0491. The van der Waals surface area contributed by atoms with Gasteiger partial charge in [-0.25, -0.2) is 4.79 Å². The van der Waals surface area contributed by atoms with Gasteiger partial charge in [0, 0.05) is 18.2 Å². The van der Waals surface area contributed by atoms with Gasteiger partial charge in [-0.15, -0.1) is 10.2 Å². The predicted octanol–water partition coefficient (Wildman–Crippen LogP) is 4.50. The smallest absolute Gasteiger partial charge is 0.328 e. The maximum Gasteiger partial charge on any atom is 0.328 e. The summed E-state index contributed by atoms with van der Waals surface area (Å²) in [5, 5.41) is 9.78. The standard InChI is InChI=1S/C25H34N4O4S/c1-3-33-24(31)21-11-7-8-16-28(21)22(30)17-34-25-27-26-23(18-12-14-20(32-2)15-13-18)29(25)19-9-5-4-6-10-19/h12-15,19,21H,3-11,16-17H2,1-2H3/t21-/m1/s1. The number of aromatic nitrogens is 3. The number of amides is 1. The van der Waals surface area contributed by atoms with Crippen LogP contribution in [0.4, 0.5) is 0 Å². The van der Waals surface area contributed by atoms with Gasteiger partial charge in [-0.05, 0) is 63.3 Å². The van der Waals surface area contributed by atoms with Crippen LogP contribution in [0, 0.1) is 0 Å². The molecule has 1 saturated heterocycles. The first-order chi connectivity index (χ1) is 16.6. The Morgan fingerprint density at radius 1 is 1.03 bits per heavy atom. The molecule has 1 aliphatic carbocycles. The lowest BCUT2D eigenvalue weighted by molar-refractivity contribution is -0.155. The summed E-state index contributed by atoms with van der Waals surface area (Å²) in [6, 6.07) is 7.70. The van der Waals surface area contributed by atoms with Crippen LogP contribution in [0.2, 0.25) is 0 Å². The molecule has 0 radical (unpaired) electrons. The number of rotatable bonds is 8. The third kappa shape index (κ3) is 5.56. The molecular formula is C25H34N4O4S. The highest BCUT2D eigenvalue weighted by Gasteiger charge is 2.33. The SMILES string of the molecule is CCOC(=O)[C@H]1CCCCN1C(=O)CSc1nnc(-c2ccc(OC)cc2)n1C1CCCCC1. The second kappa shape index (κ2) is 11.7. The number of nitrogens with zero attached hydrogens (tertiary/aromatic N) is 4. The monoisotopic (exact) mass is 486 g/mol. The number of likely N-dealkylation sites (tertiary alicyclic amines) is 1. The maximum absolute atomic E-state index is 13.2. The van der Waals surface area contributed by atoms with Crippen molar-refractivity contribution in [1.29, 1.82) is 0 Å². The van der Waals surface area contributed by atoms with Gasteiger partial charge in [-0.3, -0.25) is 9.36 Å². The molecule has 0 unspecified atom stereocenters. The van der Waals surface area contributed by atoms with Gasteiger partial charge in [-0.1, -0.05) is 31.0 Å². The van der Waals surface area contributed by atoms with Crippen molar-refractivity contribution < 1.29 is 19.1 Å². The minimum atomic E-state index is -0.479. The summed E-state index contributed by atoms with van der Waals surface area (Å²) in [5.74, 6) is 1.50. The van der Waals surface area contributed by atoms with Gasteiger partial charge in [0.25, 0.3) is 0 Å². The number of thioether (sulfide) groups is 1. The number of piperidine rings is 1. The van der Waals surface area contributed by atoms with E-state index in [1.54, 1.807) is 18.9 Å². The molecule has 0 N–H and O–H groups in total. The van der Waals surface area contributed by atoms with Gasteiger partial charge in [0.05, 0.1) is 19.5 Å². The molecule has 2 aliphatic rings. The second-order valence-corrected chi connectivity index (χ2v) is 9.78. The zero-order valence-electron chi connectivity index (χ0n) is 20.1. The summed E-state index contributed by atoms with van der Waals surface area (Å²) in [7, 11) is 1.65. The molecule has 8 nitrogen and oxygen atoms in total. The third-order valence-electron chi connectivity index (χ3n) is 6.66. The quantitative estimate of drug-likeness (QED) is 0.401. The molecule has 0 spiro atoms. The summed E-state index contributed by atoms with van der Waals surface area (Å²) < 4.78 is 12.7. The number of hydrogen-bond donors (Lipinski definition) is 0. The average Bonchev–Trinajstić information content (AvgIpc) is 3.32. The molecule has 1 aromatic carbocycles. The van der Waals surface area contributed by atoms with E-state index in [0.717, 1.165) is 48.0 Å². The van der Waals surface area contributed by atoms with Crippen LogP contribution in [0.25, 0.3) is 11.4 Å². The Morgan fingerprint density at radius 2 is 1.76 bits per heavy atom. The minimum Gasteiger partial charge on any atom is -0.497 e. The number of methoxy groups -OCH3 is 1. The predicted molar refractivity (Wildman–Crippen MR) is 131 cm³/mol. The fraction of sp³-hybridized carbons (Fsp3) is 0.600. The molecule has 2 aromatic rings. The van der Waals surface area contributed by atoms with Gasteiger partial charge in [0.15, 0.2) is 11.0 Å². The van der Waals surface area contributed by atoms with Crippen LogP contribution in [-0.2, 0) is 14.3 Å². The fourth-order valence-corrected chi connectivity index (χ4v) is 5.80. The molecular weight excluding hydrogens is 452 g/mol. The molecule has 1 atom stereocenters. The zero-order valence-corrected chi connectivity index (χ0v) is 20.9. The lowest BCUT2D eigenvalue weighted by Gasteiger charge is -2.34. The van der Waals surface area contributed by atoms with E-state index in [2.05, 4.69) is 14.8 Å². The van der Waals surface area contributed by atoms with Gasteiger partial charge in [-0.2, -0.15) is 0 Å². The van der Waals surface area contributed by atoms with Crippen LogP contribution in [-0.4, -0.2) is 63.6 Å². The second-order valence-electron chi connectivity index (χ2n) is 8.84. The molecule has 1 amide bonds. The van der Waals surface area contributed by atoms with Gasteiger partial charge < -0.3 is 14.4 Å². The van der Waals surface area contributed by atoms with Crippen LogP contribution >= 0.6 is 11.8 Å². The highest BCUT2D eigenvalue weighted by Crippen LogP contribution is 2.36. The number of carbonyl (C=O) groups excluding carboxylic acids is 2. The van der Waals surface area contributed by atoms with Crippen LogP contribution in [0.15, 0.2) is 29.4 Å². The van der Waals surface area contributed by atoms with Crippen molar-refractivity contribution in [2.24, 2.45) is 0 Å². The first kappa shape index (κ1) is 24.6. The summed E-state index contributed by atoms with van der Waals surface area (Å²) >= 11 is 1.41. The molecule has 2 fully saturated rings. The van der Waals surface area contributed by atoms with E-state index in [9.17, 15) is 9.59 Å². The Hall–Kier alpha value is -2.55. The van der Waals surface area contributed by atoms with Crippen molar-refractivity contribution in [3.05, 3.63) is 24.3 Å². The Balaban J connectivity index is 1.53. The molecule has 2 heterocycles. The fourth-order valence-electron chi connectivity index (χ4n) is 4.90. The molecule has 4 rings (SSSR count). The first-order valence-corrected chi connectivity index (χ1v) is 13.3. The summed E-state index contributed by atoms with van der Waals surface area (Å²) in [4.78, 5) is 27.2. The van der Waals surface area contributed by atoms with Crippen molar-refractivity contribution in [3.8, 4) is 17.1 Å². The largest absolute Gasteiger partial charge is 0.497 e. The summed E-state index contributed by atoms with van der Waals surface area (Å²) in [6.07, 6.45) is 8.29. The van der Waals surface area contributed by atoms with E-state index in [0.29, 0.717) is 25.6 Å². The Labute approximate surface area is 205 Å². The lowest BCUT2D eigenvalue weighted by Crippen LogP contribution is -2.49. The number of hydrogen-bond acceptors (Lipinski definition) is 7. The molecule has 1 aliphatic heterocycles. The molecule has 0 bridgehead atoms. The average molecular weight is 487 g/mol. The summed E-state index contributed by atoms with van der Waals surface area (Å²) in [5.41, 5.74) is 0.982. The van der Waals surface area contributed by atoms with Gasteiger partial charge in [0.1, 0.15) is 11.8 Å². The van der Waals surface area contributed by atoms with Gasteiger partial charge >= 0.3 is 5.97 Å². The van der Waals surface area contributed by atoms with Crippen molar-refractivity contribution in [1.82, 2.24) is 19.7 Å². The van der Waals surface area contributed by atoms with Crippen LogP contribution in [0.3, 0.4) is 0 Å².